The Morgan fingerprint density at radius 3 is 2.87 bits per heavy atom. The van der Waals surface area contributed by atoms with Crippen molar-refractivity contribution in [2.75, 3.05) is 6.54 Å². The number of rotatable bonds is 7. The minimum Gasteiger partial charge on any atom is -0.350 e. The zero-order chi connectivity index (χ0) is 21.3. The monoisotopic (exact) mass is 434 g/mol. The first-order valence-corrected chi connectivity index (χ1v) is 10.4. The normalized spacial score (nSPS) is 22.2. The molecule has 8 nitrogen and oxygen atoms in total. The fraction of sp³-hybridized carbons (Fsp3) is 0.500. The van der Waals surface area contributed by atoms with Crippen molar-refractivity contribution in [3.8, 4) is 5.69 Å². The maximum Gasteiger partial charge on any atom is 0.243 e. The molecule has 2 aromatic rings. The van der Waals surface area contributed by atoms with Gasteiger partial charge >= 0.3 is 0 Å². The highest BCUT2D eigenvalue weighted by Crippen LogP contribution is 2.34. The van der Waals surface area contributed by atoms with Crippen molar-refractivity contribution < 1.29 is 14.0 Å². The van der Waals surface area contributed by atoms with E-state index in [1.54, 1.807) is 29.2 Å². The van der Waals surface area contributed by atoms with Gasteiger partial charge in [-0.15, -0.1) is 0 Å². The fourth-order valence-corrected chi connectivity index (χ4v) is 4.05. The highest BCUT2D eigenvalue weighted by molar-refractivity contribution is 6.30. The number of carbonyl (C=O) groups excluding carboxylic acids is 2. The van der Waals surface area contributed by atoms with Gasteiger partial charge in [0.1, 0.15) is 24.9 Å². The summed E-state index contributed by atoms with van der Waals surface area (Å²) in [5, 5.41) is 7.43. The van der Waals surface area contributed by atoms with Crippen LogP contribution in [-0.2, 0) is 16.1 Å². The van der Waals surface area contributed by atoms with Crippen molar-refractivity contribution in [1.29, 1.82) is 0 Å². The molecule has 1 aromatic heterocycles. The Hall–Kier alpha value is -2.52. The largest absolute Gasteiger partial charge is 0.350 e. The Morgan fingerprint density at radius 2 is 2.17 bits per heavy atom. The predicted octanol–water partition coefficient (Wildman–Crippen LogP) is 1.60. The van der Waals surface area contributed by atoms with Crippen LogP contribution in [0.1, 0.15) is 31.2 Å². The minimum atomic E-state index is -1.24. The van der Waals surface area contributed by atoms with Crippen LogP contribution in [0.2, 0.25) is 5.02 Å². The van der Waals surface area contributed by atoms with Crippen molar-refractivity contribution in [2.45, 2.75) is 50.5 Å². The number of alkyl halides is 1. The average Bonchev–Trinajstić information content (AvgIpc) is 3.21. The van der Waals surface area contributed by atoms with Gasteiger partial charge in [-0.3, -0.25) is 9.59 Å². The molecule has 2 fully saturated rings. The SMILES string of the molecule is N[C@H](CC1CC1)C(=O)N1C[C@H](F)CC1C(=O)NCc1cc(Cl)ccc1-n1cncn1. The Kier molecular flexibility index (Phi) is 6.01. The van der Waals surface area contributed by atoms with Crippen molar-refractivity contribution in [2.24, 2.45) is 11.7 Å². The van der Waals surface area contributed by atoms with Crippen molar-refractivity contribution in [3.05, 3.63) is 41.4 Å². The first-order valence-electron chi connectivity index (χ1n) is 10.0. The topological polar surface area (TPSA) is 106 Å². The molecule has 4 rings (SSSR count). The van der Waals surface area contributed by atoms with Crippen LogP contribution in [0.5, 0.6) is 0 Å². The third kappa shape index (κ3) is 4.62. The lowest BCUT2D eigenvalue weighted by atomic mass is 10.1. The molecule has 3 atom stereocenters. The molecule has 0 spiro atoms. The second kappa shape index (κ2) is 8.69. The van der Waals surface area contributed by atoms with Gasteiger partial charge in [0.15, 0.2) is 0 Å². The molecule has 2 heterocycles. The number of likely N-dealkylation sites (tertiary alicyclic amines) is 1. The van der Waals surface area contributed by atoms with E-state index in [0.29, 0.717) is 23.0 Å². The Bertz CT molecular complexity index is 920. The second-order valence-electron chi connectivity index (χ2n) is 7.96. The van der Waals surface area contributed by atoms with Gasteiger partial charge < -0.3 is 16.0 Å². The quantitative estimate of drug-likeness (QED) is 0.688. The number of benzene rings is 1. The minimum absolute atomic E-state index is 0.0286. The summed E-state index contributed by atoms with van der Waals surface area (Å²) < 4.78 is 15.7. The first-order chi connectivity index (χ1) is 14.4. The molecular formula is C20H24ClFN6O2. The molecule has 0 bridgehead atoms. The number of nitrogens with one attached hydrogen (secondary N) is 1. The van der Waals surface area contributed by atoms with E-state index in [1.165, 1.54) is 11.2 Å². The smallest absolute Gasteiger partial charge is 0.243 e. The van der Waals surface area contributed by atoms with Gasteiger partial charge in [0.25, 0.3) is 0 Å². The summed E-state index contributed by atoms with van der Waals surface area (Å²) in [7, 11) is 0. The summed E-state index contributed by atoms with van der Waals surface area (Å²) in [6, 6.07) is 3.66. The lowest BCUT2D eigenvalue weighted by Gasteiger charge is -2.26. The van der Waals surface area contributed by atoms with Crippen LogP contribution in [0.25, 0.3) is 5.69 Å². The molecule has 160 valence electrons. The van der Waals surface area contributed by atoms with Gasteiger partial charge in [0.2, 0.25) is 11.8 Å². The van der Waals surface area contributed by atoms with Crippen molar-refractivity contribution in [3.63, 3.8) is 0 Å². The lowest BCUT2D eigenvalue weighted by Crippen LogP contribution is -2.51. The first kappa shape index (κ1) is 20.7. The summed E-state index contributed by atoms with van der Waals surface area (Å²) in [5.74, 6) is -0.294. The van der Waals surface area contributed by atoms with E-state index >= 15 is 0 Å². The number of hydrogen-bond acceptors (Lipinski definition) is 5. The van der Waals surface area contributed by atoms with Crippen LogP contribution in [0.4, 0.5) is 4.39 Å². The molecule has 0 radical (unpaired) electrons. The Balaban J connectivity index is 1.44. The second-order valence-corrected chi connectivity index (χ2v) is 8.39. The van der Waals surface area contributed by atoms with Gasteiger partial charge in [-0.2, -0.15) is 5.10 Å². The van der Waals surface area contributed by atoms with E-state index in [0.717, 1.165) is 18.4 Å². The van der Waals surface area contributed by atoms with Gasteiger partial charge in [0.05, 0.1) is 18.3 Å². The van der Waals surface area contributed by atoms with Crippen LogP contribution < -0.4 is 11.1 Å². The highest BCUT2D eigenvalue weighted by atomic mass is 35.5. The molecule has 30 heavy (non-hydrogen) atoms. The van der Waals surface area contributed by atoms with E-state index in [2.05, 4.69) is 15.4 Å². The Morgan fingerprint density at radius 1 is 1.37 bits per heavy atom. The van der Waals surface area contributed by atoms with E-state index in [4.69, 9.17) is 17.3 Å². The molecule has 1 unspecified atom stereocenters. The van der Waals surface area contributed by atoms with E-state index in [1.807, 2.05) is 0 Å². The van der Waals surface area contributed by atoms with Crippen LogP contribution in [0, 0.1) is 5.92 Å². The molecule has 2 aliphatic rings. The van der Waals surface area contributed by atoms with Gasteiger partial charge in [0, 0.05) is 18.0 Å². The summed E-state index contributed by atoms with van der Waals surface area (Å²) >= 11 is 6.11. The molecule has 1 saturated carbocycles. The molecule has 1 saturated heterocycles. The highest BCUT2D eigenvalue weighted by Gasteiger charge is 2.42. The van der Waals surface area contributed by atoms with Gasteiger partial charge in [-0.1, -0.05) is 24.4 Å². The third-order valence-electron chi connectivity index (χ3n) is 5.60. The van der Waals surface area contributed by atoms with E-state index in [-0.39, 0.29) is 25.4 Å². The summed E-state index contributed by atoms with van der Waals surface area (Å²) in [6.45, 7) is 0.0505. The van der Waals surface area contributed by atoms with Crippen LogP contribution >= 0.6 is 11.6 Å². The molecule has 1 aliphatic heterocycles. The van der Waals surface area contributed by atoms with Crippen molar-refractivity contribution in [1.82, 2.24) is 25.0 Å². The Labute approximate surface area is 178 Å². The molecule has 2 amide bonds. The van der Waals surface area contributed by atoms with Crippen LogP contribution in [0.3, 0.4) is 0 Å². The number of carbonyl (C=O) groups is 2. The number of hydrogen-bond donors (Lipinski definition) is 2. The summed E-state index contributed by atoms with van der Waals surface area (Å²) in [4.78, 5) is 30.8. The number of nitrogens with two attached hydrogens (primary N) is 1. The molecule has 1 aliphatic carbocycles. The summed E-state index contributed by atoms with van der Waals surface area (Å²) in [6.07, 6.45) is 4.42. The van der Waals surface area contributed by atoms with Crippen molar-refractivity contribution >= 4 is 23.4 Å². The zero-order valence-electron chi connectivity index (χ0n) is 16.4. The number of nitrogens with zero attached hydrogens (tertiary/aromatic N) is 4. The van der Waals surface area contributed by atoms with Crippen LogP contribution in [0.15, 0.2) is 30.9 Å². The third-order valence-corrected chi connectivity index (χ3v) is 5.83. The van der Waals surface area contributed by atoms with Gasteiger partial charge in [-0.05, 0) is 36.1 Å². The molecule has 3 N–H and O–H groups in total. The predicted molar refractivity (Wildman–Crippen MR) is 109 cm³/mol. The number of aromatic nitrogens is 3. The zero-order valence-corrected chi connectivity index (χ0v) is 17.1. The number of halogens is 2. The van der Waals surface area contributed by atoms with E-state index < -0.39 is 24.2 Å². The molecule has 10 heteroatoms. The maximum atomic E-state index is 14.1. The van der Waals surface area contributed by atoms with E-state index in [9.17, 15) is 14.0 Å². The number of amides is 2. The maximum absolute atomic E-state index is 14.1. The summed E-state index contributed by atoms with van der Waals surface area (Å²) in [5.41, 5.74) is 7.46. The fourth-order valence-electron chi connectivity index (χ4n) is 3.86. The molecular weight excluding hydrogens is 411 g/mol. The average molecular weight is 435 g/mol. The lowest BCUT2D eigenvalue weighted by molar-refractivity contribution is -0.139. The standard InChI is InChI=1S/C20H24ClFN6O2/c21-14-3-4-17(28-11-24-10-26-28)13(6-14)8-25-19(29)18-7-15(22)9-27(18)20(30)16(23)5-12-1-2-12/h3-4,6,10-12,15-16,18H,1-2,5,7-9,23H2,(H,25,29)/t15-,16-,18?/m1/s1. The van der Waals surface area contributed by atoms with Crippen LogP contribution in [-0.4, -0.2) is 56.3 Å². The van der Waals surface area contributed by atoms with Gasteiger partial charge in [-0.25, -0.2) is 14.1 Å². The molecule has 1 aromatic carbocycles.